The Kier molecular flexibility index (Phi) is 6.45. The summed E-state index contributed by atoms with van der Waals surface area (Å²) in [6, 6.07) is 3.71. The number of hydrogen-bond acceptors (Lipinski definition) is 5. The van der Waals surface area contributed by atoms with Crippen LogP contribution in [0.25, 0.3) is 0 Å². The Morgan fingerprint density at radius 1 is 1.40 bits per heavy atom. The van der Waals surface area contributed by atoms with Gasteiger partial charge in [0, 0.05) is 18.2 Å². The Bertz CT molecular complexity index is 447. The van der Waals surface area contributed by atoms with Gasteiger partial charge in [-0.05, 0) is 39.3 Å². The molecule has 20 heavy (non-hydrogen) atoms. The number of nitrogens with two attached hydrogens (primary N) is 1. The predicted octanol–water partition coefficient (Wildman–Crippen LogP) is 2.00. The molecule has 1 atom stereocenters. The van der Waals surface area contributed by atoms with Gasteiger partial charge in [0.25, 0.3) is 0 Å². The minimum atomic E-state index is -0.383. The van der Waals surface area contributed by atoms with E-state index < -0.39 is 0 Å². The fourth-order valence-corrected chi connectivity index (χ4v) is 1.70. The Balaban J connectivity index is 2.71. The highest BCUT2D eigenvalue weighted by Crippen LogP contribution is 2.19. The predicted molar refractivity (Wildman–Crippen MR) is 77.7 cm³/mol. The first kappa shape index (κ1) is 16.4. The highest BCUT2D eigenvalue weighted by Gasteiger charge is 2.12. The number of esters is 1. The summed E-state index contributed by atoms with van der Waals surface area (Å²) in [5.74, 6) is 0.214. The lowest BCUT2D eigenvalue weighted by Gasteiger charge is -2.14. The zero-order valence-corrected chi connectivity index (χ0v) is 12.7. The lowest BCUT2D eigenvalue weighted by molar-refractivity contribution is -0.149. The number of carbonyl (C=O) groups is 1. The third-order valence-corrected chi connectivity index (χ3v) is 2.76. The SMILES string of the molecule is CCC(N)Cc1nc(C)ccc1OCC(=O)OC(C)C. The van der Waals surface area contributed by atoms with Gasteiger partial charge in [-0.3, -0.25) is 4.98 Å². The van der Waals surface area contributed by atoms with Crippen molar-refractivity contribution in [1.29, 1.82) is 0 Å². The summed E-state index contributed by atoms with van der Waals surface area (Å²) in [4.78, 5) is 15.9. The van der Waals surface area contributed by atoms with Gasteiger partial charge < -0.3 is 15.2 Å². The van der Waals surface area contributed by atoms with Crippen LogP contribution >= 0.6 is 0 Å². The average molecular weight is 280 g/mol. The van der Waals surface area contributed by atoms with Gasteiger partial charge in [-0.25, -0.2) is 4.79 Å². The third-order valence-electron chi connectivity index (χ3n) is 2.76. The average Bonchev–Trinajstić information content (AvgIpc) is 2.36. The monoisotopic (exact) mass is 280 g/mol. The first-order valence-corrected chi connectivity index (χ1v) is 6.96. The molecule has 0 fully saturated rings. The summed E-state index contributed by atoms with van der Waals surface area (Å²) in [7, 11) is 0. The second-order valence-electron chi connectivity index (χ2n) is 5.10. The molecule has 0 aliphatic carbocycles. The van der Waals surface area contributed by atoms with E-state index in [1.807, 2.05) is 26.0 Å². The smallest absolute Gasteiger partial charge is 0.344 e. The van der Waals surface area contributed by atoms with Crippen LogP contribution < -0.4 is 10.5 Å². The zero-order chi connectivity index (χ0) is 15.1. The van der Waals surface area contributed by atoms with Crippen LogP contribution in [0, 0.1) is 6.92 Å². The maximum absolute atomic E-state index is 11.5. The number of nitrogens with zero attached hydrogens (tertiary/aromatic N) is 1. The van der Waals surface area contributed by atoms with Crippen LogP contribution in [0.1, 0.15) is 38.6 Å². The molecule has 1 heterocycles. The van der Waals surface area contributed by atoms with Crippen molar-refractivity contribution in [2.45, 2.75) is 52.7 Å². The summed E-state index contributed by atoms with van der Waals surface area (Å²) >= 11 is 0. The summed E-state index contributed by atoms with van der Waals surface area (Å²) < 4.78 is 10.5. The van der Waals surface area contributed by atoms with Crippen LogP contribution in [-0.2, 0) is 16.0 Å². The molecule has 1 rings (SSSR count). The lowest BCUT2D eigenvalue weighted by Crippen LogP contribution is -2.23. The van der Waals surface area contributed by atoms with E-state index in [0.29, 0.717) is 12.2 Å². The Hall–Kier alpha value is -1.62. The van der Waals surface area contributed by atoms with E-state index in [0.717, 1.165) is 17.8 Å². The van der Waals surface area contributed by atoms with Gasteiger partial charge in [0.05, 0.1) is 11.8 Å². The van der Waals surface area contributed by atoms with Crippen molar-refractivity contribution in [3.63, 3.8) is 0 Å². The second-order valence-corrected chi connectivity index (χ2v) is 5.10. The number of carbonyl (C=O) groups excluding carboxylic acids is 1. The first-order valence-electron chi connectivity index (χ1n) is 6.96. The normalized spacial score (nSPS) is 12.3. The number of pyridine rings is 1. The first-order chi connectivity index (χ1) is 9.42. The van der Waals surface area contributed by atoms with Crippen LogP contribution in [0.5, 0.6) is 5.75 Å². The molecule has 2 N–H and O–H groups in total. The molecular weight excluding hydrogens is 256 g/mol. The minimum Gasteiger partial charge on any atom is -0.480 e. The largest absolute Gasteiger partial charge is 0.480 e. The number of aromatic nitrogens is 1. The Morgan fingerprint density at radius 2 is 2.10 bits per heavy atom. The van der Waals surface area contributed by atoms with Gasteiger partial charge in [-0.15, -0.1) is 0 Å². The summed E-state index contributed by atoms with van der Waals surface area (Å²) in [5.41, 5.74) is 7.65. The quantitative estimate of drug-likeness (QED) is 0.773. The highest BCUT2D eigenvalue weighted by atomic mass is 16.6. The highest BCUT2D eigenvalue weighted by molar-refractivity contribution is 5.71. The van der Waals surface area contributed by atoms with Gasteiger partial charge in [-0.2, -0.15) is 0 Å². The maximum Gasteiger partial charge on any atom is 0.344 e. The zero-order valence-electron chi connectivity index (χ0n) is 12.7. The van der Waals surface area contributed by atoms with Gasteiger partial charge in [-0.1, -0.05) is 6.92 Å². The van der Waals surface area contributed by atoms with Crippen molar-refractivity contribution in [3.05, 3.63) is 23.5 Å². The second kappa shape index (κ2) is 7.85. The Morgan fingerprint density at radius 3 is 2.70 bits per heavy atom. The molecule has 5 nitrogen and oxygen atoms in total. The number of hydrogen-bond donors (Lipinski definition) is 1. The molecule has 0 radical (unpaired) electrons. The molecule has 0 bridgehead atoms. The molecule has 0 saturated heterocycles. The van der Waals surface area contributed by atoms with Crippen molar-refractivity contribution in [3.8, 4) is 5.75 Å². The Labute approximate surface area is 120 Å². The molecule has 0 aliphatic heterocycles. The van der Waals surface area contributed by atoms with Gasteiger partial charge in [0.15, 0.2) is 6.61 Å². The standard InChI is InChI=1S/C15H24N2O3/c1-5-12(16)8-13-14(7-6-11(4)17-13)19-9-15(18)20-10(2)3/h6-7,10,12H,5,8-9,16H2,1-4H3. The van der Waals surface area contributed by atoms with E-state index in [-0.39, 0.29) is 24.7 Å². The molecular formula is C15H24N2O3. The fourth-order valence-electron chi connectivity index (χ4n) is 1.70. The van der Waals surface area contributed by atoms with E-state index in [1.165, 1.54) is 0 Å². The summed E-state index contributed by atoms with van der Waals surface area (Å²) in [5, 5.41) is 0. The molecule has 0 saturated carbocycles. The van der Waals surface area contributed by atoms with Crippen molar-refractivity contribution in [2.24, 2.45) is 5.73 Å². The van der Waals surface area contributed by atoms with Crippen molar-refractivity contribution >= 4 is 5.97 Å². The van der Waals surface area contributed by atoms with Crippen molar-refractivity contribution < 1.29 is 14.3 Å². The number of rotatable bonds is 7. The van der Waals surface area contributed by atoms with Crippen LogP contribution in [0.15, 0.2) is 12.1 Å². The fraction of sp³-hybridized carbons (Fsp3) is 0.600. The summed E-state index contributed by atoms with van der Waals surface area (Å²) in [6.07, 6.45) is 1.35. The molecule has 0 aliphatic rings. The van der Waals surface area contributed by atoms with Crippen molar-refractivity contribution in [1.82, 2.24) is 4.98 Å². The van der Waals surface area contributed by atoms with Crippen molar-refractivity contribution in [2.75, 3.05) is 6.61 Å². The molecule has 0 aromatic carbocycles. The van der Waals surface area contributed by atoms with Gasteiger partial charge in [0.2, 0.25) is 0 Å². The van der Waals surface area contributed by atoms with E-state index in [9.17, 15) is 4.79 Å². The molecule has 1 aromatic rings. The molecule has 112 valence electrons. The van der Waals surface area contributed by atoms with Crippen LogP contribution in [-0.4, -0.2) is 29.7 Å². The van der Waals surface area contributed by atoms with Crippen LogP contribution in [0.4, 0.5) is 0 Å². The minimum absolute atomic E-state index is 0.0364. The third kappa shape index (κ3) is 5.57. The molecule has 5 heteroatoms. The van der Waals surface area contributed by atoms with E-state index >= 15 is 0 Å². The molecule has 0 amide bonds. The molecule has 1 aromatic heterocycles. The summed E-state index contributed by atoms with van der Waals surface area (Å²) in [6.45, 7) is 7.43. The maximum atomic E-state index is 11.5. The topological polar surface area (TPSA) is 74.4 Å². The van der Waals surface area contributed by atoms with E-state index in [1.54, 1.807) is 13.8 Å². The molecule has 0 spiro atoms. The number of aryl methyl sites for hydroxylation is 1. The molecule has 1 unspecified atom stereocenters. The van der Waals surface area contributed by atoms with E-state index in [2.05, 4.69) is 4.98 Å². The number of ether oxygens (including phenoxy) is 2. The van der Waals surface area contributed by atoms with Crippen LogP contribution in [0.2, 0.25) is 0 Å². The van der Waals surface area contributed by atoms with Gasteiger partial charge in [0.1, 0.15) is 5.75 Å². The lowest BCUT2D eigenvalue weighted by atomic mass is 10.1. The van der Waals surface area contributed by atoms with Gasteiger partial charge >= 0.3 is 5.97 Å². The van der Waals surface area contributed by atoms with E-state index in [4.69, 9.17) is 15.2 Å². The van der Waals surface area contributed by atoms with Crippen LogP contribution in [0.3, 0.4) is 0 Å².